The van der Waals surface area contributed by atoms with Crippen molar-refractivity contribution in [3.8, 4) is 0 Å². The summed E-state index contributed by atoms with van der Waals surface area (Å²) in [5.74, 6) is 0.895. The Morgan fingerprint density at radius 1 is 0.958 bits per heavy atom. The predicted octanol–water partition coefficient (Wildman–Crippen LogP) is 3.15. The third kappa shape index (κ3) is 5.17. The van der Waals surface area contributed by atoms with Gasteiger partial charge in [-0.3, -0.25) is 0 Å². The Bertz CT molecular complexity index is 387. The van der Waals surface area contributed by atoms with E-state index in [9.17, 15) is 0 Å². The van der Waals surface area contributed by atoms with Gasteiger partial charge in [-0.15, -0.1) is 0 Å². The first-order valence-corrected chi connectivity index (χ1v) is 10.1. The van der Waals surface area contributed by atoms with Crippen LogP contribution in [0.1, 0.15) is 60.3 Å². The van der Waals surface area contributed by atoms with Gasteiger partial charge in [0.15, 0.2) is 0 Å². The third-order valence-electron chi connectivity index (χ3n) is 5.72. The lowest BCUT2D eigenvalue weighted by Crippen LogP contribution is -2.55. The molecule has 2 saturated heterocycles. The van der Waals surface area contributed by atoms with E-state index >= 15 is 0 Å². The quantitative estimate of drug-likeness (QED) is 0.743. The minimum Gasteiger partial charge on any atom is -0.375 e. The molecule has 0 amide bonds. The molecule has 0 radical (unpaired) electrons. The van der Waals surface area contributed by atoms with Crippen LogP contribution in [-0.4, -0.2) is 72.5 Å². The summed E-state index contributed by atoms with van der Waals surface area (Å²) in [5, 5.41) is 0. The maximum absolute atomic E-state index is 6.30. The van der Waals surface area contributed by atoms with Gasteiger partial charge in [-0.25, -0.2) is 0 Å². The van der Waals surface area contributed by atoms with Gasteiger partial charge in [0.2, 0.25) is 0 Å². The summed E-state index contributed by atoms with van der Waals surface area (Å²) in [5.41, 5.74) is -0.0202. The second-order valence-corrected chi connectivity index (χ2v) is 9.50. The highest BCUT2D eigenvalue weighted by molar-refractivity contribution is 4.87. The minimum atomic E-state index is -0.0202. The van der Waals surface area contributed by atoms with E-state index in [1.54, 1.807) is 0 Å². The number of hydrogen-bond donors (Lipinski definition) is 0. The molecular weight excluding hydrogens is 300 g/mol. The van der Waals surface area contributed by atoms with Crippen molar-refractivity contribution in [2.45, 2.75) is 90.3 Å². The molecule has 0 unspecified atom stereocenters. The molecule has 0 aromatic carbocycles. The van der Waals surface area contributed by atoms with E-state index in [1.807, 2.05) is 0 Å². The molecule has 3 aliphatic rings. The van der Waals surface area contributed by atoms with Crippen molar-refractivity contribution < 1.29 is 9.47 Å². The van der Waals surface area contributed by atoms with Crippen LogP contribution < -0.4 is 0 Å². The molecule has 0 aromatic heterocycles. The zero-order valence-corrected chi connectivity index (χ0v) is 16.5. The Morgan fingerprint density at radius 3 is 2.12 bits per heavy atom. The van der Waals surface area contributed by atoms with E-state index < -0.39 is 0 Å². The number of likely N-dealkylation sites (tertiary alicyclic amines) is 2. The van der Waals surface area contributed by atoms with Gasteiger partial charge < -0.3 is 19.3 Å². The summed E-state index contributed by atoms with van der Waals surface area (Å²) in [7, 11) is 0. The Hall–Kier alpha value is -0.160. The molecule has 0 aromatic rings. The van der Waals surface area contributed by atoms with Gasteiger partial charge >= 0.3 is 0 Å². The van der Waals surface area contributed by atoms with Gasteiger partial charge in [-0.2, -0.15) is 0 Å². The van der Waals surface area contributed by atoms with Crippen molar-refractivity contribution in [1.29, 1.82) is 0 Å². The molecule has 2 heterocycles. The van der Waals surface area contributed by atoms with E-state index in [0.717, 1.165) is 18.8 Å². The summed E-state index contributed by atoms with van der Waals surface area (Å²) in [6.07, 6.45) is 5.94. The first kappa shape index (κ1) is 18.6. The molecule has 0 spiro atoms. The van der Waals surface area contributed by atoms with Crippen molar-refractivity contribution in [2.24, 2.45) is 5.92 Å². The van der Waals surface area contributed by atoms with Gasteiger partial charge in [-0.05, 0) is 66.2 Å². The molecule has 0 bridgehead atoms. The molecule has 0 atom stereocenters. The van der Waals surface area contributed by atoms with E-state index in [-0.39, 0.29) is 5.60 Å². The fourth-order valence-electron chi connectivity index (χ4n) is 4.24. The van der Waals surface area contributed by atoms with Crippen LogP contribution >= 0.6 is 0 Å². The van der Waals surface area contributed by atoms with Crippen LogP contribution in [0.2, 0.25) is 0 Å². The van der Waals surface area contributed by atoms with Crippen molar-refractivity contribution in [3.63, 3.8) is 0 Å². The van der Waals surface area contributed by atoms with E-state index in [1.165, 1.54) is 45.6 Å². The van der Waals surface area contributed by atoms with Crippen LogP contribution in [0.3, 0.4) is 0 Å². The summed E-state index contributed by atoms with van der Waals surface area (Å²) < 4.78 is 12.3. The number of hydrogen-bond acceptors (Lipinski definition) is 4. The predicted molar refractivity (Wildman–Crippen MR) is 98.4 cm³/mol. The van der Waals surface area contributed by atoms with Crippen LogP contribution in [0.4, 0.5) is 0 Å². The van der Waals surface area contributed by atoms with Crippen LogP contribution in [0.5, 0.6) is 0 Å². The monoisotopic (exact) mass is 338 g/mol. The summed E-state index contributed by atoms with van der Waals surface area (Å²) in [6.45, 7) is 17.3. The zero-order valence-electron chi connectivity index (χ0n) is 16.5. The first-order chi connectivity index (χ1) is 11.3. The maximum Gasteiger partial charge on any atom is 0.0631 e. The fourth-order valence-corrected chi connectivity index (χ4v) is 4.24. The summed E-state index contributed by atoms with van der Waals surface area (Å²) in [4.78, 5) is 5.24. The van der Waals surface area contributed by atoms with Crippen molar-refractivity contribution in [3.05, 3.63) is 0 Å². The molecule has 0 N–H and O–H groups in total. The number of nitrogens with zero attached hydrogens (tertiary/aromatic N) is 2. The highest BCUT2D eigenvalue weighted by Crippen LogP contribution is 2.32. The largest absolute Gasteiger partial charge is 0.375 e. The molecule has 4 heteroatoms. The third-order valence-corrected chi connectivity index (χ3v) is 5.72. The second-order valence-electron chi connectivity index (χ2n) is 9.50. The maximum atomic E-state index is 6.30. The van der Waals surface area contributed by atoms with Crippen LogP contribution in [0, 0.1) is 5.92 Å². The minimum absolute atomic E-state index is 0.0202. The van der Waals surface area contributed by atoms with E-state index in [4.69, 9.17) is 9.47 Å². The topological polar surface area (TPSA) is 24.9 Å². The summed E-state index contributed by atoms with van der Waals surface area (Å²) in [6, 6.07) is 0.717. The lowest BCUT2D eigenvalue weighted by atomic mass is 9.90. The SMILES string of the molecule is CC(C)N1CC(CN2CCC(OC3CC(OC(C)(C)C)C3)CC2)C1. The van der Waals surface area contributed by atoms with Crippen LogP contribution in [0.25, 0.3) is 0 Å². The molecule has 2 aliphatic heterocycles. The Morgan fingerprint density at radius 2 is 1.58 bits per heavy atom. The molecule has 4 nitrogen and oxygen atoms in total. The van der Waals surface area contributed by atoms with Gasteiger partial charge in [0.05, 0.1) is 23.9 Å². The molecule has 1 aliphatic carbocycles. The van der Waals surface area contributed by atoms with Crippen molar-refractivity contribution >= 4 is 0 Å². The molecule has 3 rings (SSSR count). The Labute approximate surface area is 148 Å². The van der Waals surface area contributed by atoms with Crippen molar-refractivity contribution in [1.82, 2.24) is 9.80 Å². The van der Waals surface area contributed by atoms with Gasteiger partial charge in [0.25, 0.3) is 0 Å². The highest BCUT2D eigenvalue weighted by Gasteiger charge is 2.36. The molecule has 3 fully saturated rings. The number of rotatable bonds is 6. The van der Waals surface area contributed by atoms with Crippen LogP contribution in [-0.2, 0) is 9.47 Å². The highest BCUT2D eigenvalue weighted by atomic mass is 16.5. The average molecular weight is 339 g/mol. The molecule has 140 valence electrons. The van der Waals surface area contributed by atoms with Gasteiger partial charge in [0.1, 0.15) is 0 Å². The number of piperidine rings is 1. The smallest absolute Gasteiger partial charge is 0.0631 e. The second kappa shape index (κ2) is 7.61. The van der Waals surface area contributed by atoms with Crippen LogP contribution in [0.15, 0.2) is 0 Å². The summed E-state index contributed by atoms with van der Waals surface area (Å²) >= 11 is 0. The standard InChI is InChI=1S/C20H38N2O2/c1-15(2)22-13-16(14-22)12-21-8-6-17(7-9-21)23-18-10-19(11-18)24-20(3,4)5/h15-19H,6-14H2,1-5H3. The van der Waals surface area contributed by atoms with E-state index in [0.29, 0.717) is 24.4 Å². The molecule has 1 saturated carbocycles. The average Bonchev–Trinajstić information content (AvgIpc) is 2.39. The first-order valence-electron chi connectivity index (χ1n) is 10.1. The molecule has 24 heavy (non-hydrogen) atoms. The lowest BCUT2D eigenvalue weighted by Gasteiger charge is -2.45. The van der Waals surface area contributed by atoms with Gasteiger partial charge in [0, 0.05) is 38.8 Å². The zero-order chi connectivity index (χ0) is 17.3. The number of ether oxygens (including phenoxy) is 2. The van der Waals surface area contributed by atoms with Gasteiger partial charge in [-0.1, -0.05) is 0 Å². The fraction of sp³-hybridized carbons (Fsp3) is 1.00. The molecular formula is C20H38N2O2. The van der Waals surface area contributed by atoms with E-state index in [2.05, 4.69) is 44.4 Å². The van der Waals surface area contributed by atoms with Crippen molar-refractivity contribution in [2.75, 3.05) is 32.7 Å². The Balaban J connectivity index is 1.26. The lowest BCUT2D eigenvalue weighted by molar-refractivity contribution is -0.168. The normalized spacial score (nSPS) is 31.2. The Kier molecular flexibility index (Phi) is 5.90.